The second-order valence-electron chi connectivity index (χ2n) is 1.92. The smallest absolute Gasteiger partial charge is 0.364 e. The highest BCUT2D eigenvalue weighted by molar-refractivity contribution is 5.93. The molecule has 0 heterocycles. The number of hydrogen-bond acceptors (Lipinski definition) is 2. The third-order valence-electron chi connectivity index (χ3n) is 0.993. The second-order valence-corrected chi connectivity index (χ2v) is 1.92. The fourth-order valence-electron chi connectivity index (χ4n) is 0.373. The highest BCUT2D eigenvalue weighted by Crippen LogP contribution is 2.23. The molecule has 3 nitrogen and oxygen atoms in total. The van der Waals surface area contributed by atoms with Crippen molar-refractivity contribution in [3.05, 3.63) is 12.2 Å². The van der Waals surface area contributed by atoms with E-state index in [-0.39, 0.29) is 6.73 Å². The molecule has 0 unspecified atom stereocenters. The van der Waals surface area contributed by atoms with Crippen LogP contribution in [0.5, 0.6) is 0 Å². The molecule has 12 heavy (non-hydrogen) atoms. The third-order valence-corrected chi connectivity index (χ3v) is 0.993. The van der Waals surface area contributed by atoms with E-state index in [1.807, 2.05) is 5.32 Å². The molecule has 0 saturated carbocycles. The van der Waals surface area contributed by atoms with Crippen molar-refractivity contribution in [3.8, 4) is 0 Å². The van der Waals surface area contributed by atoms with Crippen LogP contribution in [-0.4, -0.2) is 25.9 Å². The largest absolute Gasteiger partial charge is 0.421 e. The van der Waals surface area contributed by atoms with Gasteiger partial charge in [-0.25, -0.2) is 0 Å². The summed E-state index contributed by atoms with van der Waals surface area (Å²) in [6, 6.07) is 0. The van der Waals surface area contributed by atoms with E-state index >= 15 is 0 Å². The van der Waals surface area contributed by atoms with Gasteiger partial charge in [0.05, 0.1) is 0 Å². The quantitative estimate of drug-likeness (QED) is 0.519. The lowest BCUT2D eigenvalue weighted by atomic mass is 10.3. The van der Waals surface area contributed by atoms with Crippen molar-refractivity contribution in [1.82, 2.24) is 5.32 Å². The van der Waals surface area contributed by atoms with Crippen LogP contribution in [-0.2, 0) is 9.53 Å². The first-order valence-electron chi connectivity index (χ1n) is 2.93. The summed E-state index contributed by atoms with van der Waals surface area (Å²) in [6.45, 7) is 2.32. The Morgan fingerprint density at radius 2 is 2.08 bits per heavy atom. The number of carbonyl (C=O) groups excluding carboxylic acids is 1. The summed E-state index contributed by atoms with van der Waals surface area (Å²) in [4.78, 5) is 10.5. The molecule has 6 heteroatoms. The molecule has 1 amide bonds. The fraction of sp³-hybridized carbons (Fsp3) is 0.500. The summed E-state index contributed by atoms with van der Waals surface area (Å²) in [7, 11) is 1.25. The summed E-state index contributed by atoms with van der Waals surface area (Å²) < 4.78 is 39.5. The highest BCUT2D eigenvalue weighted by atomic mass is 19.4. The van der Waals surface area contributed by atoms with Crippen molar-refractivity contribution in [1.29, 1.82) is 0 Å². The molecule has 0 saturated heterocycles. The lowest BCUT2D eigenvalue weighted by Crippen LogP contribution is -2.32. The van der Waals surface area contributed by atoms with Gasteiger partial charge in [0.1, 0.15) is 12.3 Å². The second kappa shape index (κ2) is 4.10. The molecule has 0 rings (SSSR count). The summed E-state index contributed by atoms with van der Waals surface area (Å²) in [5.74, 6) is -1.27. The van der Waals surface area contributed by atoms with Gasteiger partial charge in [0, 0.05) is 7.11 Å². The summed E-state index contributed by atoms with van der Waals surface area (Å²) in [6.07, 6.45) is -4.68. The molecule has 0 aliphatic heterocycles. The maximum atomic E-state index is 11.7. The number of methoxy groups -OCH3 is 1. The van der Waals surface area contributed by atoms with Crippen molar-refractivity contribution in [3.63, 3.8) is 0 Å². The normalized spacial score (nSPS) is 11.0. The Morgan fingerprint density at radius 3 is 2.42 bits per heavy atom. The molecule has 0 bridgehead atoms. The van der Waals surface area contributed by atoms with E-state index < -0.39 is 17.7 Å². The van der Waals surface area contributed by atoms with Gasteiger partial charge in [-0.1, -0.05) is 6.58 Å². The number of halogens is 3. The number of carbonyl (C=O) groups is 1. The SMILES string of the molecule is C=C(C(=O)NCOC)C(F)(F)F. The zero-order valence-corrected chi connectivity index (χ0v) is 6.36. The van der Waals surface area contributed by atoms with Crippen LogP contribution in [0.2, 0.25) is 0 Å². The Bertz CT molecular complexity index is 188. The van der Waals surface area contributed by atoms with Gasteiger partial charge >= 0.3 is 6.18 Å². The van der Waals surface area contributed by atoms with Crippen LogP contribution in [0.1, 0.15) is 0 Å². The Balaban J connectivity index is 4.04. The Hall–Kier alpha value is -1.04. The molecule has 0 fully saturated rings. The molecule has 0 aliphatic rings. The van der Waals surface area contributed by atoms with Gasteiger partial charge in [0.25, 0.3) is 5.91 Å². The Kier molecular flexibility index (Phi) is 3.75. The highest BCUT2D eigenvalue weighted by Gasteiger charge is 2.36. The average Bonchev–Trinajstić information content (AvgIpc) is 1.97. The van der Waals surface area contributed by atoms with Crippen molar-refractivity contribution in [2.45, 2.75) is 6.18 Å². The fourth-order valence-corrected chi connectivity index (χ4v) is 0.373. The number of nitrogens with one attached hydrogen (secondary N) is 1. The minimum Gasteiger partial charge on any atom is -0.364 e. The van der Waals surface area contributed by atoms with Gasteiger partial charge in [-0.2, -0.15) is 13.2 Å². The van der Waals surface area contributed by atoms with E-state index in [9.17, 15) is 18.0 Å². The predicted molar refractivity (Wildman–Crippen MR) is 35.2 cm³/mol. The van der Waals surface area contributed by atoms with E-state index in [1.165, 1.54) is 7.11 Å². The predicted octanol–water partition coefficient (Wildman–Crippen LogP) is 0.825. The standard InChI is InChI=1S/C6H8F3NO2/c1-4(6(7,8)9)5(11)10-3-12-2/h1,3H2,2H3,(H,10,11). The zero-order chi connectivity index (χ0) is 9.78. The molecular weight excluding hydrogens is 175 g/mol. The van der Waals surface area contributed by atoms with Crippen LogP contribution in [0.3, 0.4) is 0 Å². The van der Waals surface area contributed by atoms with Gasteiger partial charge < -0.3 is 10.1 Å². The van der Waals surface area contributed by atoms with Gasteiger partial charge in [0.15, 0.2) is 0 Å². The summed E-state index contributed by atoms with van der Waals surface area (Å²) in [5, 5.41) is 1.86. The van der Waals surface area contributed by atoms with Gasteiger partial charge in [-0.3, -0.25) is 4.79 Å². The van der Waals surface area contributed by atoms with Crippen LogP contribution in [0.4, 0.5) is 13.2 Å². The summed E-state index contributed by atoms with van der Waals surface area (Å²) >= 11 is 0. The maximum absolute atomic E-state index is 11.7. The molecule has 70 valence electrons. The first-order chi connectivity index (χ1) is 5.39. The first kappa shape index (κ1) is 11.0. The van der Waals surface area contributed by atoms with E-state index in [4.69, 9.17) is 0 Å². The van der Waals surface area contributed by atoms with Crippen LogP contribution >= 0.6 is 0 Å². The van der Waals surface area contributed by atoms with Gasteiger partial charge in [-0.15, -0.1) is 0 Å². The topological polar surface area (TPSA) is 38.3 Å². The molecule has 1 N–H and O–H groups in total. The number of hydrogen-bond donors (Lipinski definition) is 1. The van der Waals surface area contributed by atoms with E-state index in [1.54, 1.807) is 0 Å². The zero-order valence-electron chi connectivity index (χ0n) is 6.36. The number of rotatable bonds is 3. The summed E-state index contributed by atoms with van der Waals surface area (Å²) in [5.41, 5.74) is -1.43. The van der Waals surface area contributed by atoms with Crippen molar-refractivity contribution < 1.29 is 22.7 Å². The lowest BCUT2D eigenvalue weighted by molar-refractivity contribution is -0.131. The number of ether oxygens (including phenoxy) is 1. The Morgan fingerprint density at radius 1 is 1.58 bits per heavy atom. The van der Waals surface area contributed by atoms with Crippen LogP contribution in [0.25, 0.3) is 0 Å². The average molecular weight is 183 g/mol. The van der Waals surface area contributed by atoms with Gasteiger partial charge in [0.2, 0.25) is 0 Å². The molecule has 0 aromatic rings. The van der Waals surface area contributed by atoms with Crippen molar-refractivity contribution in [2.24, 2.45) is 0 Å². The molecule has 0 radical (unpaired) electrons. The molecule has 0 spiro atoms. The molecule has 0 aromatic heterocycles. The van der Waals surface area contributed by atoms with Crippen LogP contribution < -0.4 is 5.32 Å². The third kappa shape index (κ3) is 3.38. The molecule has 0 atom stereocenters. The molecular formula is C6H8F3NO2. The minimum absolute atomic E-state index is 0.270. The van der Waals surface area contributed by atoms with Crippen molar-refractivity contribution >= 4 is 5.91 Å². The first-order valence-corrected chi connectivity index (χ1v) is 2.93. The molecule has 0 aliphatic carbocycles. The van der Waals surface area contributed by atoms with E-state index in [0.29, 0.717) is 0 Å². The Labute approximate surface area is 67.2 Å². The number of alkyl halides is 3. The van der Waals surface area contributed by atoms with E-state index in [2.05, 4.69) is 11.3 Å². The molecule has 0 aromatic carbocycles. The van der Waals surface area contributed by atoms with Gasteiger partial charge in [-0.05, 0) is 0 Å². The minimum atomic E-state index is -4.68. The van der Waals surface area contributed by atoms with E-state index in [0.717, 1.165) is 0 Å². The monoisotopic (exact) mass is 183 g/mol. The lowest BCUT2D eigenvalue weighted by Gasteiger charge is -2.09. The van der Waals surface area contributed by atoms with Crippen molar-refractivity contribution in [2.75, 3.05) is 13.8 Å². The van der Waals surface area contributed by atoms with Crippen LogP contribution in [0.15, 0.2) is 12.2 Å². The maximum Gasteiger partial charge on any atom is 0.421 e. The van der Waals surface area contributed by atoms with Crippen LogP contribution in [0, 0.1) is 0 Å². The number of amides is 1.